The summed E-state index contributed by atoms with van der Waals surface area (Å²) in [6.07, 6.45) is 3.94. The van der Waals surface area contributed by atoms with E-state index in [-0.39, 0.29) is 12.0 Å². The van der Waals surface area contributed by atoms with Crippen molar-refractivity contribution in [1.29, 1.82) is 0 Å². The molecule has 13 heavy (non-hydrogen) atoms. The summed E-state index contributed by atoms with van der Waals surface area (Å²) in [6, 6.07) is -0.154. The predicted octanol–water partition coefficient (Wildman–Crippen LogP) is 1.33. The lowest BCUT2D eigenvalue weighted by atomic mass is 10.2. The average molecular weight is 185 g/mol. The van der Waals surface area contributed by atoms with Gasteiger partial charge in [-0.05, 0) is 32.7 Å². The van der Waals surface area contributed by atoms with E-state index in [9.17, 15) is 4.79 Å². The van der Waals surface area contributed by atoms with Crippen LogP contribution in [0.15, 0.2) is 0 Å². The predicted molar refractivity (Wildman–Crippen MR) is 51.4 cm³/mol. The molecule has 0 aromatic carbocycles. The molecule has 3 nitrogen and oxygen atoms in total. The third-order valence-electron chi connectivity index (χ3n) is 2.34. The first-order valence-electron chi connectivity index (χ1n) is 5.14. The molecule has 1 aliphatic carbocycles. The van der Waals surface area contributed by atoms with Crippen LogP contribution in [-0.2, 0) is 9.53 Å². The molecule has 1 saturated carbocycles. The van der Waals surface area contributed by atoms with Gasteiger partial charge in [0, 0.05) is 0 Å². The second-order valence-corrected chi connectivity index (χ2v) is 3.66. The summed E-state index contributed by atoms with van der Waals surface area (Å²) >= 11 is 0. The van der Waals surface area contributed by atoms with Crippen LogP contribution >= 0.6 is 0 Å². The Morgan fingerprint density at radius 3 is 2.85 bits per heavy atom. The summed E-state index contributed by atoms with van der Waals surface area (Å²) < 4.78 is 4.88. The van der Waals surface area contributed by atoms with E-state index in [4.69, 9.17) is 4.74 Å². The van der Waals surface area contributed by atoms with Gasteiger partial charge in [0.25, 0.3) is 0 Å². The van der Waals surface area contributed by atoms with E-state index in [0.717, 1.165) is 12.5 Å². The molecule has 1 rings (SSSR count). The molecule has 0 aromatic rings. The Morgan fingerprint density at radius 2 is 2.31 bits per heavy atom. The Kier molecular flexibility index (Phi) is 4.22. The Labute approximate surface area is 79.8 Å². The number of ether oxygens (including phenoxy) is 1. The zero-order valence-electron chi connectivity index (χ0n) is 8.51. The topological polar surface area (TPSA) is 38.3 Å². The quantitative estimate of drug-likeness (QED) is 0.634. The van der Waals surface area contributed by atoms with Crippen molar-refractivity contribution in [2.75, 3.05) is 13.2 Å². The van der Waals surface area contributed by atoms with E-state index in [2.05, 4.69) is 5.32 Å². The van der Waals surface area contributed by atoms with Crippen molar-refractivity contribution in [2.45, 2.75) is 39.2 Å². The Balaban J connectivity index is 2.01. The Hall–Kier alpha value is -0.570. The van der Waals surface area contributed by atoms with Gasteiger partial charge in [-0.25, -0.2) is 0 Å². The fourth-order valence-electron chi connectivity index (χ4n) is 1.26. The van der Waals surface area contributed by atoms with E-state index in [1.54, 1.807) is 0 Å². The molecule has 76 valence electrons. The third kappa shape index (κ3) is 4.27. The molecular formula is C10H19NO2. The van der Waals surface area contributed by atoms with E-state index in [0.29, 0.717) is 6.61 Å². The number of carbonyl (C=O) groups is 1. The van der Waals surface area contributed by atoms with Gasteiger partial charge < -0.3 is 10.1 Å². The van der Waals surface area contributed by atoms with Gasteiger partial charge in [-0.1, -0.05) is 12.8 Å². The number of rotatable bonds is 6. The molecule has 0 heterocycles. The summed E-state index contributed by atoms with van der Waals surface area (Å²) in [6.45, 7) is 5.08. The normalized spacial score (nSPS) is 18.3. The van der Waals surface area contributed by atoms with Crippen LogP contribution in [0.2, 0.25) is 0 Å². The fraction of sp³-hybridized carbons (Fsp3) is 0.900. The first kappa shape index (κ1) is 10.5. The van der Waals surface area contributed by atoms with Crippen LogP contribution in [0.5, 0.6) is 0 Å². The number of esters is 1. The van der Waals surface area contributed by atoms with Crippen molar-refractivity contribution in [3.05, 3.63) is 0 Å². The summed E-state index contributed by atoms with van der Waals surface area (Å²) in [5, 5.41) is 3.16. The fourth-order valence-corrected chi connectivity index (χ4v) is 1.26. The smallest absolute Gasteiger partial charge is 0.322 e. The Morgan fingerprint density at radius 1 is 1.62 bits per heavy atom. The molecule has 1 aliphatic rings. The largest absolute Gasteiger partial charge is 0.465 e. The van der Waals surface area contributed by atoms with Crippen molar-refractivity contribution in [1.82, 2.24) is 5.32 Å². The van der Waals surface area contributed by atoms with Crippen LogP contribution in [0, 0.1) is 5.92 Å². The standard InChI is InChI=1S/C10H19NO2/c1-3-13-10(12)8(2)11-7-6-9-4-5-9/h8-9,11H,3-7H2,1-2H3. The third-order valence-corrected chi connectivity index (χ3v) is 2.34. The molecule has 1 unspecified atom stereocenters. The van der Waals surface area contributed by atoms with Crippen LogP contribution in [0.3, 0.4) is 0 Å². The van der Waals surface area contributed by atoms with Crippen molar-refractivity contribution >= 4 is 5.97 Å². The number of hydrogen-bond donors (Lipinski definition) is 1. The summed E-state index contributed by atoms with van der Waals surface area (Å²) in [7, 11) is 0. The molecule has 1 atom stereocenters. The van der Waals surface area contributed by atoms with E-state index >= 15 is 0 Å². The maximum Gasteiger partial charge on any atom is 0.322 e. The molecule has 1 fully saturated rings. The minimum Gasteiger partial charge on any atom is -0.465 e. The summed E-state index contributed by atoms with van der Waals surface area (Å²) in [5.74, 6) is 0.778. The second-order valence-electron chi connectivity index (χ2n) is 3.66. The molecule has 3 heteroatoms. The number of nitrogens with one attached hydrogen (secondary N) is 1. The maximum atomic E-state index is 11.1. The summed E-state index contributed by atoms with van der Waals surface area (Å²) in [5.41, 5.74) is 0. The molecule has 0 radical (unpaired) electrons. The zero-order chi connectivity index (χ0) is 9.68. The van der Waals surface area contributed by atoms with E-state index in [1.807, 2.05) is 13.8 Å². The first-order chi connectivity index (χ1) is 6.24. The molecular weight excluding hydrogens is 166 g/mol. The minimum atomic E-state index is -0.154. The lowest BCUT2D eigenvalue weighted by molar-refractivity contribution is -0.145. The zero-order valence-corrected chi connectivity index (χ0v) is 8.51. The molecule has 0 amide bonds. The van der Waals surface area contributed by atoms with Crippen molar-refractivity contribution in [3.63, 3.8) is 0 Å². The van der Waals surface area contributed by atoms with Gasteiger partial charge in [0.2, 0.25) is 0 Å². The van der Waals surface area contributed by atoms with Crippen molar-refractivity contribution in [2.24, 2.45) is 5.92 Å². The molecule has 1 N–H and O–H groups in total. The molecule has 0 bridgehead atoms. The average Bonchev–Trinajstić information content (AvgIpc) is 2.88. The highest BCUT2D eigenvalue weighted by molar-refractivity contribution is 5.75. The van der Waals surface area contributed by atoms with Crippen LogP contribution in [-0.4, -0.2) is 25.2 Å². The van der Waals surface area contributed by atoms with Gasteiger partial charge in [-0.3, -0.25) is 4.79 Å². The molecule has 0 saturated heterocycles. The minimum absolute atomic E-state index is 0.140. The van der Waals surface area contributed by atoms with Crippen LogP contribution in [0.4, 0.5) is 0 Å². The highest BCUT2D eigenvalue weighted by atomic mass is 16.5. The molecule has 0 aromatic heterocycles. The highest BCUT2D eigenvalue weighted by Crippen LogP contribution is 2.31. The SMILES string of the molecule is CCOC(=O)C(C)NCCC1CC1. The van der Waals surface area contributed by atoms with Gasteiger partial charge in [0.05, 0.1) is 6.61 Å². The lowest BCUT2D eigenvalue weighted by Crippen LogP contribution is -2.36. The van der Waals surface area contributed by atoms with Gasteiger partial charge in [-0.2, -0.15) is 0 Å². The first-order valence-corrected chi connectivity index (χ1v) is 5.14. The maximum absolute atomic E-state index is 11.1. The second kappa shape index (κ2) is 5.22. The van der Waals surface area contributed by atoms with Crippen molar-refractivity contribution < 1.29 is 9.53 Å². The monoisotopic (exact) mass is 185 g/mol. The van der Waals surface area contributed by atoms with Gasteiger partial charge >= 0.3 is 5.97 Å². The van der Waals surface area contributed by atoms with Crippen LogP contribution < -0.4 is 5.32 Å². The molecule has 0 aliphatic heterocycles. The van der Waals surface area contributed by atoms with Gasteiger partial charge in [0.15, 0.2) is 0 Å². The van der Waals surface area contributed by atoms with Crippen LogP contribution in [0.1, 0.15) is 33.1 Å². The number of hydrogen-bond acceptors (Lipinski definition) is 3. The van der Waals surface area contributed by atoms with E-state index < -0.39 is 0 Å². The Bertz CT molecular complexity index is 166. The molecule has 0 spiro atoms. The van der Waals surface area contributed by atoms with Crippen molar-refractivity contribution in [3.8, 4) is 0 Å². The summed E-state index contributed by atoms with van der Waals surface area (Å²) in [4.78, 5) is 11.1. The lowest BCUT2D eigenvalue weighted by Gasteiger charge is -2.11. The van der Waals surface area contributed by atoms with Gasteiger partial charge in [0.1, 0.15) is 6.04 Å². The van der Waals surface area contributed by atoms with E-state index in [1.165, 1.54) is 19.3 Å². The van der Waals surface area contributed by atoms with Gasteiger partial charge in [-0.15, -0.1) is 0 Å². The highest BCUT2D eigenvalue weighted by Gasteiger charge is 2.21. The number of carbonyl (C=O) groups excluding carboxylic acids is 1. The van der Waals surface area contributed by atoms with Crippen LogP contribution in [0.25, 0.3) is 0 Å².